The Balaban J connectivity index is 0. The zero-order valence-corrected chi connectivity index (χ0v) is 6.08. The first-order valence-corrected chi connectivity index (χ1v) is 0. The molecule has 0 heterocycles. The van der Waals surface area contributed by atoms with Crippen LogP contribution in [0.25, 0.3) is 0 Å². The van der Waals surface area contributed by atoms with E-state index in [9.17, 15) is 0 Å². The van der Waals surface area contributed by atoms with Crippen LogP contribution in [0.2, 0.25) is 0 Å². The fourth-order valence-corrected chi connectivity index (χ4v) is 0. The van der Waals surface area contributed by atoms with Crippen LogP contribution < -0.4 is 37.7 Å². The quantitative estimate of drug-likeness (QED) is 0.317. The van der Waals surface area contributed by atoms with Gasteiger partial charge in [-0.3, -0.25) is 0 Å². The summed E-state index contributed by atoms with van der Waals surface area (Å²) in [4.78, 5) is 0. The molecule has 0 spiro atoms. The molecule has 46 valence electrons. The Bertz CT molecular complexity index is 10.4. The summed E-state index contributed by atoms with van der Waals surface area (Å²) in [6.45, 7) is 0. The van der Waals surface area contributed by atoms with Crippen molar-refractivity contribution in [3.63, 3.8) is 0 Å². The summed E-state index contributed by atoms with van der Waals surface area (Å²) >= 11 is 0. The molecule has 0 unspecified atom stereocenters. The Labute approximate surface area is 82.2 Å². The van der Waals surface area contributed by atoms with E-state index in [0.29, 0.717) is 0 Å². The van der Waals surface area contributed by atoms with Gasteiger partial charge in [0, 0.05) is 17.4 Å². The normalized spacial score (nSPS) is 0. The summed E-state index contributed by atoms with van der Waals surface area (Å²) in [5.41, 5.74) is 0. The van der Waals surface area contributed by atoms with Crippen molar-refractivity contribution in [3.8, 4) is 0 Å². The van der Waals surface area contributed by atoms with Crippen LogP contribution in [0.4, 0.5) is 0 Å². The van der Waals surface area contributed by atoms with Crippen molar-refractivity contribution in [2.75, 3.05) is 0 Å². The molecule has 8 N–H and O–H groups in total. The average molecular weight is 154 g/mol. The van der Waals surface area contributed by atoms with Crippen LogP contribution in [0.5, 0.6) is 0 Å². The maximum absolute atomic E-state index is 0. The Kier molecular flexibility index (Phi) is 7690. The molecule has 8 heavy (non-hydrogen) atoms. The molecule has 0 aliphatic heterocycles. The van der Waals surface area contributed by atoms with Crippen LogP contribution in [-0.4, -0.2) is 27.4 Å². The van der Waals surface area contributed by atoms with Gasteiger partial charge in [0.05, 0.1) is 0 Å². The third kappa shape index (κ3) is 137. The Morgan fingerprint density at radius 2 is 0.500 bits per heavy atom. The van der Waals surface area contributed by atoms with Gasteiger partial charge in [0.2, 0.25) is 0 Å². The molecule has 0 rings (SSSR count). The van der Waals surface area contributed by atoms with E-state index in [4.69, 9.17) is 0 Å². The van der Waals surface area contributed by atoms with Gasteiger partial charge in [0.25, 0.3) is 0 Å². The summed E-state index contributed by atoms with van der Waals surface area (Å²) in [7, 11) is 0. The topological polar surface area (TPSA) is 154 Å². The van der Waals surface area contributed by atoms with E-state index < -0.39 is 0 Å². The molecule has 0 amide bonds. The molecular weight excluding hydrogens is 146 g/mol. The third-order valence-corrected chi connectivity index (χ3v) is 0. The Morgan fingerprint density at radius 3 is 0.500 bits per heavy atom. The van der Waals surface area contributed by atoms with E-state index in [-0.39, 0.29) is 82.5 Å². The second-order valence-corrected chi connectivity index (χ2v) is 0. The van der Waals surface area contributed by atoms with Crippen LogP contribution in [-0.2, 0) is 17.4 Å². The molecule has 5 nitrogen and oxygen atoms in total. The van der Waals surface area contributed by atoms with Gasteiger partial charge in [0.1, 0.15) is 0 Å². The number of hydrogen-bond acceptors (Lipinski definition) is 2. The third-order valence-electron chi connectivity index (χ3n) is 0. The molecular formula is H8CrLi2O5. The van der Waals surface area contributed by atoms with Crippen LogP contribution in [0.1, 0.15) is 0 Å². The molecule has 0 aliphatic rings. The van der Waals surface area contributed by atoms with E-state index in [1.807, 2.05) is 0 Å². The average Bonchev–Trinajstić information content (AvgIpc) is 0. The molecule has 0 saturated carbocycles. The minimum absolute atomic E-state index is 0. The summed E-state index contributed by atoms with van der Waals surface area (Å²) < 4.78 is 0. The van der Waals surface area contributed by atoms with Crippen molar-refractivity contribution < 1.29 is 82.5 Å². The summed E-state index contributed by atoms with van der Waals surface area (Å²) in [6, 6.07) is 0. The molecule has 0 atom stereocenters. The monoisotopic (exact) mass is 154 g/mol. The summed E-state index contributed by atoms with van der Waals surface area (Å²) in [6.07, 6.45) is 0. The predicted octanol–water partition coefficient (Wildman–Crippen LogP) is -8.82. The van der Waals surface area contributed by atoms with Crippen molar-refractivity contribution in [1.82, 2.24) is 0 Å². The smallest absolute Gasteiger partial charge is 0.870 e. The van der Waals surface area contributed by atoms with Crippen LogP contribution in [0.15, 0.2) is 0 Å². The molecule has 0 aliphatic carbocycles. The zero-order valence-electron chi connectivity index (χ0n) is 4.80. The number of rotatable bonds is 0. The minimum Gasteiger partial charge on any atom is -0.870 e. The molecule has 0 fully saturated rings. The van der Waals surface area contributed by atoms with Gasteiger partial charge in [-0.05, 0) is 0 Å². The van der Waals surface area contributed by atoms with Gasteiger partial charge >= 0.3 is 37.7 Å². The fourth-order valence-electron chi connectivity index (χ4n) is 0. The maximum atomic E-state index is 0. The van der Waals surface area contributed by atoms with E-state index in [0.717, 1.165) is 0 Å². The van der Waals surface area contributed by atoms with Gasteiger partial charge < -0.3 is 27.4 Å². The zero-order chi connectivity index (χ0) is 0. The molecule has 0 aromatic carbocycles. The van der Waals surface area contributed by atoms with Crippen molar-refractivity contribution in [2.24, 2.45) is 0 Å². The first-order chi connectivity index (χ1) is 0. The van der Waals surface area contributed by atoms with Crippen LogP contribution >= 0.6 is 0 Å². The molecule has 0 saturated heterocycles. The SMILES string of the molecule is O.O.O.[Cr].[Li+].[Li+].[OH-].[OH-]. The first-order valence-electron chi connectivity index (χ1n) is 0. The van der Waals surface area contributed by atoms with Crippen molar-refractivity contribution in [2.45, 2.75) is 0 Å². The second-order valence-electron chi connectivity index (χ2n) is 0. The van der Waals surface area contributed by atoms with Gasteiger partial charge in [-0.1, -0.05) is 0 Å². The van der Waals surface area contributed by atoms with Gasteiger partial charge in [0.15, 0.2) is 0 Å². The Hall–Kier alpha value is 1.53. The summed E-state index contributed by atoms with van der Waals surface area (Å²) in [5, 5.41) is 0. The predicted molar refractivity (Wildman–Crippen MR) is 14.7 cm³/mol. The van der Waals surface area contributed by atoms with E-state index in [1.165, 1.54) is 0 Å². The second kappa shape index (κ2) is 207. The standard InChI is InChI=1S/Cr.2Li.5H2O/h;;;5*1H2/q;2*+1;;;;;/p-2. The van der Waals surface area contributed by atoms with Crippen molar-refractivity contribution in [3.05, 3.63) is 0 Å². The summed E-state index contributed by atoms with van der Waals surface area (Å²) in [5.74, 6) is 0. The van der Waals surface area contributed by atoms with Crippen molar-refractivity contribution in [1.29, 1.82) is 0 Å². The fraction of sp³-hybridized carbons (Fsp3) is 0. The molecule has 0 bridgehead atoms. The van der Waals surface area contributed by atoms with Crippen LogP contribution in [0, 0.1) is 0 Å². The minimum atomic E-state index is 0. The molecule has 0 aromatic heterocycles. The van der Waals surface area contributed by atoms with Gasteiger partial charge in [-0.2, -0.15) is 0 Å². The van der Waals surface area contributed by atoms with E-state index in [2.05, 4.69) is 0 Å². The molecule has 0 aromatic rings. The first kappa shape index (κ1) is 297. The van der Waals surface area contributed by atoms with Crippen molar-refractivity contribution >= 4 is 0 Å². The Morgan fingerprint density at radius 1 is 0.500 bits per heavy atom. The van der Waals surface area contributed by atoms with Crippen LogP contribution in [0.3, 0.4) is 0 Å². The maximum Gasteiger partial charge on any atom is 1.00 e. The van der Waals surface area contributed by atoms with Gasteiger partial charge in [-0.15, -0.1) is 0 Å². The number of hydrogen-bond donors (Lipinski definition) is 0. The van der Waals surface area contributed by atoms with E-state index >= 15 is 0 Å². The largest absolute Gasteiger partial charge is 1.00 e. The molecule has 8 heteroatoms. The van der Waals surface area contributed by atoms with Gasteiger partial charge in [-0.25, -0.2) is 0 Å². The van der Waals surface area contributed by atoms with E-state index in [1.54, 1.807) is 0 Å². The molecule has 0 radical (unpaired) electrons.